The maximum atomic E-state index is 11.3. The van der Waals surface area contributed by atoms with Crippen molar-refractivity contribution in [2.75, 3.05) is 17.2 Å². The molecule has 0 spiro atoms. The number of hydrogen-bond acceptors (Lipinski definition) is 4. The zero-order valence-corrected chi connectivity index (χ0v) is 11.2. The van der Waals surface area contributed by atoms with Gasteiger partial charge in [-0.05, 0) is 31.0 Å². The maximum Gasteiger partial charge on any atom is 0.335 e. The van der Waals surface area contributed by atoms with Gasteiger partial charge in [0.05, 0.1) is 23.5 Å². The van der Waals surface area contributed by atoms with Crippen LogP contribution in [0, 0.1) is 0 Å². The molecule has 1 aliphatic rings. The number of nitrogen functional groups attached to an aromatic ring is 1. The fourth-order valence-corrected chi connectivity index (χ4v) is 2.72. The van der Waals surface area contributed by atoms with Crippen molar-refractivity contribution in [3.05, 3.63) is 23.8 Å². The van der Waals surface area contributed by atoms with Gasteiger partial charge in [-0.25, -0.2) is 4.79 Å². The number of benzene rings is 1. The lowest BCUT2D eigenvalue weighted by atomic mass is 10.1. The summed E-state index contributed by atoms with van der Waals surface area (Å²) in [6.45, 7) is 0.0535. The summed E-state index contributed by atoms with van der Waals surface area (Å²) >= 11 is 0. The number of rotatable bonds is 5. The van der Waals surface area contributed by atoms with Crippen LogP contribution in [0.15, 0.2) is 18.2 Å². The molecule has 0 bridgehead atoms. The maximum absolute atomic E-state index is 11.3. The van der Waals surface area contributed by atoms with Gasteiger partial charge in [0.15, 0.2) is 0 Å². The molecule has 0 unspecified atom stereocenters. The third kappa shape index (κ3) is 3.01. The number of carboxylic acids is 1. The highest BCUT2D eigenvalue weighted by molar-refractivity contribution is 5.91. The Morgan fingerprint density at radius 3 is 2.50 bits per heavy atom. The van der Waals surface area contributed by atoms with Gasteiger partial charge in [0.2, 0.25) is 5.91 Å². The van der Waals surface area contributed by atoms with E-state index in [1.807, 2.05) is 4.90 Å². The highest BCUT2D eigenvalue weighted by atomic mass is 16.4. The van der Waals surface area contributed by atoms with Crippen LogP contribution in [0.5, 0.6) is 0 Å². The van der Waals surface area contributed by atoms with E-state index in [0.29, 0.717) is 11.4 Å². The molecule has 1 aromatic carbocycles. The Labute approximate surface area is 117 Å². The van der Waals surface area contributed by atoms with E-state index in [4.69, 9.17) is 16.6 Å². The Morgan fingerprint density at radius 2 is 1.95 bits per heavy atom. The first-order chi connectivity index (χ1) is 9.49. The molecule has 1 saturated carbocycles. The Hall–Kier alpha value is -2.24. The van der Waals surface area contributed by atoms with Crippen LogP contribution < -0.4 is 16.4 Å². The minimum absolute atomic E-state index is 0.0535. The van der Waals surface area contributed by atoms with E-state index in [0.717, 1.165) is 25.7 Å². The smallest absolute Gasteiger partial charge is 0.335 e. The number of nitrogens with two attached hydrogens (primary N) is 2. The highest BCUT2D eigenvalue weighted by Gasteiger charge is 2.26. The standard InChI is InChI=1S/C14H19N3O3/c15-11-6-5-9(14(19)20)7-12(11)17(8-13(16)18)10-3-1-2-4-10/h5-7,10H,1-4,8,15H2,(H2,16,18)(H,19,20). The average molecular weight is 277 g/mol. The first-order valence-electron chi connectivity index (χ1n) is 6.67. The van der Waals surface area contributed by atoms with Gasteiger partial charge >= 0.3 is 5.97 Å². The second-order valence-corrected chi connectivity index (χ2v) is 5.11. The number of carbonyl (C=O) groups is 2. The molecule has 6 heteroatoms. The van der Waals surface area contributed by atoms with Gasteiger partial charge in [-0.15, -0.1) is 0 Å². The molecular weight excluding hydrogens is 258 g/mol. The minimum Gasteiger partial charge on any atom is -0.478 e. The molecule has 1 aliphatic carbocycles. The highest BCUT2D eigenvalue weighted by Crippen LogP contribution is 2.32. The van der Waals surface area contributed by atoms with Crippen molar-refractivity contribution < 1.29 is 14.7 Å². The second kappa shape index (κ2) is 5.81. The molecule has 0 aliphatic heterocycles. The molecule has 6 nitrogen and oxygen atoms in total. The molecule has 5 N–H and O–H groups in total. The van der Waals surface area contributed by atoms with Crippen LogP contribution in [0.4, 0.5) is 11.4 Å². The number of anilines is 2. The van der Waals surface area contributed by atoms with E-state index in [1.165, 1.54) is 12.1 Å². The van der Waals surface area contributed by atoms with Crippen LogP contribution in [0.2, 0.25) is 0 Å². The lowest BCUT2D eigenvalue weighted by Crippen LogP contribution is -2.40. The van der Waals surface area contributed by atoms with Crippen LogP contribution in [-0.4, -0.2) is 29.6 Å². The molecule has 1 fully saturated rings. The average Bonchev–Trinajstić information content (AvgIpc) is 2.90. The Morgan fingerprint density at radius 1 is 1.30 bits per heavy atom. The van der Waals surface area contributed by atoms with Crippen LogP contribution in [0.3, 0.4) is 0 Å². The summed E-state index contributed by atoms with van der Waals surface area (Å²) < 4.78 is 0. The first-order valence-corrected chi connectivity index (χ1v) is 6.67. The minimum atomic E-state index is -1.02. The molecule has 0 atom stereocenters. The molecule has 1 amide bonds. The summed E-state index contributed by atoms with van der Waals surface area (Å²) in [4.78, 5) is 24.2. The Kier molecular flexibility index (Phi) is 4.12. The van der Waals surface area contributed by atoms with Gasteiger partial charge in [0.25, 0.3) is 0 Å². The molecular formula is C14H19N3O3. The second-order valence-electron chi connectivity index (χ2n) is 5.11. The summed E-state index contributed by atoms with van der Waals surface area (Å²) in [5.74, 6) is -1.46. The van der Waals surface area contributed by atoms with E-state index in [2.05, 4.69) is 0 Å². The van der Waals surface area contributed by atoms with Gasteiger partial charge in [-0.3, -0.25) is 4.79 Å². The lowest BCUT2D eigenvalue weighted by molar-refractivity contribution is -0.116. The first kappa shape index (κ1) is 14.2. The van der Waals surface area contributed by atoms with Crippen LogP contribution in [-0.2, 0) is 4.79 Å². The summed E-state index contributed by atoms with van der Waals surface area (Å²) in [5, 5.41) is 9.08. The monoisotopic (exact) mass is 277 g/mol. The summed E-state index contributed by atoms with van der Waals surface area (Å²) in [7, 11) is 0. The van der Waals surface area contributed by atoms with Gasteiger partial charge in [-0.1, -0.05) is 12.8 Å². The molecule has 0 heterocycles. The molecule has 0 radical (unpaired) electrons. The fourth-order valence-electron chi connectivity index (χ4n) is 2.72. The number of aromatic carboxylic acids is 1. The Balaban J connectivity index is 2.38. The summed E-state index contributed by atoms with van der Waals surface area (Å²) in [6.07, 6.45) is 4.12. The van der Waals surface area contributed by atoms with Gasteiger partial charge in [-0.2, -0.15) is 0 Å². The summed E-state index contributed by atoms with van der Waals surface area (Å²) in [5.41, 5.74) is 12.5. The lowest BCUT2D eigenvalue weighted by Gasteiger charge is -2.31. The molecule has 0 aromatic heterocycles. The van der Waals surface area contributed by atoms with Crippen molar-refractivity contribution in [3.8, 4) is 0 Å². The molecule has 108 valence electrons. The molecule has 1 aromatic rings. The zero-order chi connectivity index (χ0) is 14.7. The fraction of sp³-hybridized carbons (Fsp3) is 0.429. The van der Waals surface area contributed by atoms with Crippen molar-refractivity contribution >= 4 is 23.3 Å². The van der Waals surface area contributed by atoms with Crippen molar-refractivity contribution in [1.29, 1.82) is 0 Å². The van der Waals surface area contributed by atoms with Gasteiger partial charge in [0.1, 0.15) is 0 Å². The molecule has 2 rings (SSSR count). The number of carboxylic acid groups (broad SMARTS) is 1. The topological polar surface area (TPSA) is 110 Å². The third-order valence-corrected chi connectivity index (χ3v) is 3.68. The molecule has 20 heavy (non-hydrogen) atoms. The van der Waals surface area contributed by atoms with E-state index in [1.54, 1.807) is 6.07 Å². The third-order valence-electron chi connectivity index (χ3n) is 3.68. The largest absolute Gasteiger partial charge is 0.478 e. The van der Waals surface area contributed by atoms with Crippen molar-refractivity contribution in [2.24, 2.45) is 5.73 Å². The number of carbonyl (C=O) groups excluding carboxylic acids is 1. The Bertz CT molecular complexity index is 524. The number of primary amides is 1. The van der Waals surface area contributed by atoms with Gasteiger partial charge < -0.3 is 21.5 Å². The predicted octanol–water partition coefficient (Wildman–Crippen LogP) is 1.20. The SMILES string of the molecule is NC(=O)CN(c1cc(C(=O)O)ccc1N)C1CCCC1. The van der Waals surface area contributed by atoms with Crippen LogP contribution >= 0.6 is 0 Å². The van der Waals surface area contributed by atoms with Gasteiger partial charge in [0, 0.05) is 6.04 Å². The van der Waals surface area contributed by atoms with E-state index >= 15 is 0 Å². The summed E-state index contributed by atoms with van der Waals surface area (Å²) in [6, 6.07) is 4.72. The van der Waals surface area contributed by atoms with Crippen molar-refractivity contribution in [1.82, 2.24) is 0 Å². The van der Waals surface area contributed by atoms with E-state index in [9.17, 15) is 9.59 Å². The number of nitrogens with zero attached hydrogens (tertiary/aromatic N) is 1. The molecule has 0 saturated heterocycles. The quantitative estimate of drug-likeness (QED) is 0.700. The van der Waals surface area contributed by atoms with E-state index in [-0.39, 0.29) is 18.2 Å². The number of hydrogen-bond donors (Lipinski definition) is 3. The normalized spacial score (nSPS) is 15.2. The number of amides is 1. The van der Waals surface area contributed by atoms with E-state index < -0.39 is 11.9 Å². The predicted molar refractivity (Wildman–Crippen MR) is 76.6 cm³/mol. The zero-order valence-electron chi connectivity index (χ0n) is 11.2. The van der Waals surface area contributed by atoms with Crippen LogP contribution in [0.1, 0.15) is 36.0 Å². The van der Waals surface area contributed by atoms with Crippen LogP contribution in [0.25, 0.3) is 0 Å². The van der Waals surface area contributed by atoms with Crippen molar-refractivity contribution in [3.63, 3.8) is 0 Å². The van der Waals surface area contributed by atoms with Crippen molar-refractivity contribution in [2.45, 2.75) is 31.7 Å².